The summed E-state index contributed by atoms with van der Waals surface area (Å²) in [5, 5.41) is 0. The van der Waals surface area contributed by atoms with Crippen LogP contribution in [0.15, 0.2) is 12.7 Å². The fourth-order valence-electron chi connectivity index (χ4n) is 1.20. The van der Waals surface area contributed by atoms with Crippen molar-refractivity contribution in [2.24, 2.45) is 0 Å². The second-order valence-electron chi connectivity index (χ2n) is 2.66. The van der Waals surface area contributed by atoms with Crippen LogP contribution in [-0.4, -0.2) is 18.5 Å². The predicted molar refractivity (Wildman–Crippen MR) is 39.7 cm³/mol. The van der Waals surface area contributed by atoms with Crippen LogP contribution in [-0.2, 0) is 9.47 Å². The summed E-state index contributed by atoms with van der Waals surface area (Å²) in [7, 11) is 0. The molecular formula is C8H14O2. The smallest absolute Gasteiger partial charge is 0.155 e. The van der Waals surface area contributed by atoms with Crippen LogP contribution in [0, 0.1) is 0 Å². The summed E-state index contributed by atoms with van der Waals surface area (Å²) < 4.78 is 10.7. The van der Waals surface area contributed by atoms with E-state index in [4.69, 9.17) is 9.47 Å². The maximum atomic E-state index is 5.37. The highest BCUT2D eigenvalue weighted by Gasteiger charge is 2.21. The van der Waals surface area contributed by atoms with E-state index in [2.05, 4.69) is 13.5 Å². The van der Waals surface area contributed by atoms with Crippen molar-refractivity contribution in [3.63, 3.8) is 0 Å². The van der Waals surface area contributed by atoms with Gasteiger partial charge in [0.2, 0.25) is 0 Å². The van der Waals surface area contributed by atoms with Crippen molar-refractivity contribution in [1.29, 1.82) is 0 Å². The van der Waals surface area contributed by atoms with Gasteiger partial charge in [0.15, 0.2) is 6.29 Å². The molecule has 0 aromatic rings. The zero-order chi connectivity index (χ0) is 7.56. The summed E-state index contributed by atoms with van der Waals surface area (Å²) in [5.74, 6) is 0. The summed E-state index contributed by atoms with van der Waals surface area (Å²) in [6.07, 6.45) is 3.15. The lowest BCUT2D eigenvalue weighted by atomic mass is 10.1. The maximum Gasteiger partial charge on any atom is 0.155 e. The molecule has 3 atom stereocenters. The second kappa shape index (κ2) is 3.17. The molecule has 1 aliphatic heterocycles. The quantitative estimate of drug-likeness (QED) is 0.519. The van der Waals surface area contributed by atoms with E-state index in [-0.39, 0.29) is 12.4 Å². The Bertz CT molecular complexity index is 112. The van der Waals surface area contributed by atoms with Crippen LogP contribution in [0.1, 0.15) is 20.3 Å². The van der Waals surface area contributed by atoms with Gasteiger partial charge < -0.3 is 9.47 Å². The molecule has 0 aliphatic carbocycles. The first-order valence-electron chi connectivity index (χ1n) is 3.66. The van der Waals surface area contributed by atoms with E-state index in [9.17, 15) is 0 Å². The van der Waals surface area contributed by atoms with Crippen molar-refractivity contribution < 1.29 is 9.47 Å². The van der Waals surface area contributed by atoms with E-state index in [1.54, 1.807) is 0 Å². The SMILES string of the molecule is C=C[C@H]1C[C@H](C)O[C@H](C)O1. The number of hydrogen-bond donors (Lipinski definition) is 0. The van der Waals surface area contributed by atoms with Gasteiger partial charge in [-0.25, -0.2) is 0 Å². The monoisotopic (exact) mass is 142 g/mol. The van der Waals surface area contributed by atoms with E-state index in [1.165, 1.54) is 0 Å². The highest BCUT2D eigenvalue weighted by Crippen LogP contribution is 2.17. The molecule has 10 heavy (non-hydrogen) atoms. The molecule has 1 aliphatic rings. The molecule has 1 saturated heterocycles. The molecular weight excluding hydrogens is 128 g/mol. The van der Waals surface area contributed by atoms with E-state index >= 15 is 0 Å². The Morgan fingerprint density at radius 2 is 2.10 bits per heavy atom. The summed E-state index contributed by atoms with van der Waals surface area (Å²) in [5.41, 5.74) is 0. The minimum absolute atomic E-state index is 0.0771. The fraction of sp³-hybridized carbons (Fsp3) is 0.750. The maximum absolute atomic E-state index is 5.37. The van der Waals surface area contributed by atoms with Gasteiger partial charge in [-0.05, 0) is 13.8 Å². The van der Waals surface area contributed by atoms with Crippen LogP contribution in [0.2, 0.25) is 0 Å². The van der Waals surface area contributed by atoms with Crippen LogP contribution in [0.25, 0.3) is 0 Å². The number of ether oxygens (including phenoxy) is 2. The third-order valence-electron chi connectivity index (χ3n) is 1.62. The average Bonchev–Trinajstić information content (AvgIpc) is 1.85. The molecule has 0 bridgehead atoms. The minimum atomic E-state index is -0.0771. The molecule has 0 spiro atoms. The molecule has 0 amide bonds. The average molecular weight is 142 g/mol. The Labute approximate surface area is 61.8 Å². The van der Waals surface area contributed by atoms with Gasteiger partial charge in [-0.1, -0.05) is 6.08 Å². The Morgan fingerprint density at radius 3 is 2.60 bits per heavy atom. The lowest BCUT2D eigenvalue weighted by molar-refractivity contribution is -0.217. The van der Waals surface area contributed by atoms with Gasteiger partial charge in [0.25, 0.3) is 0 Å². The van der Waals surface area contributed by atoms with Gasteiger partial charge in [0, 0.05) is 6.42 Å². The Hall–Kier alpha value is -0.340. The largest absolute Gasteiger partial charge is 0.350 e. The highest BCUT2D eigenvalue weighted by atomic mass is 16.7. The molecule has 0 aromatic carbocycles. The molecule has 0 N–H and O–H groups in total. The first kappa shape index (κ1) is 7.76. The van der Waals surface area contributed by atoms with Crippen molar-refractivity contribution in [2.75, 3.05) is 0 Å². The standard InChI is InChI=1S/C8H14O2/c1-4-8-5-6(2)9-7(3)10-8/h4,6-8H,1,5H2,2-3H3/t6-,7-,8-/m0/s1. The van der Waals surface area contributed by atoms with Crippen molar-refractivity contribution in [2.45, 2.75) is 38.8 Å². The van der Waals surface area contributed by atoms with Crippen molar-refractivity contribution in [1.82, 2.24) is 0 Å². The zero-order valence-corrected chi connectivity index (χ0v) is 6.54. The molecule has 2 nitrogen and oxygen atoms in total. The summed E-state index contributed by atoms with van der Waals surface area (Å²) in [6, 6.07) is 0. The Kier molecular flexibility index (Phi) is 2.46. The van der Waals surface area contributed by atoms with Crippen LogP contribution in [0.3, 0.4) is 0 Å². The van der Waals surface area contributed by atoms with E-state index in [1.807, 2.05) is 13.0 Å². The first-order chi connectivity index (χ1) is 4.72. The molecule has 0 unspecified atom stereocenters. The molecule has 1 heterocycles. The molecule has 2 heteroatoms. The zero-order valence-electron chi connectivity index (χ0n) is 6.54. The van der Waals surface area contributed by atoms with Crippen molar-refractivity contribution in [3.05, 3.63) is 12.7 Å². The van der Waals surface area contributed by atoms with Crippen LogP contribution in [0.5, 0.6) is 0 Å². The van der Waals surface area contributed by atoms with Gasteiger partial charge in [-0.15, -0.1) is 6.58 Å². The lowest BCUT2D eigenvalue weighted by Gasteiger charge is -2.30. The molecule has 0 aromatic heterocycles. The van der Waals surface area contributed by atoms with Gasteiger partial charge >= 0.3 is 0 Å². The Morgan fingerprint density at radius 1 is 1.40 bits per heavy atom. The van der Waals surface area contributed by atoms with E-state index in [0.29, 0.717) is 6.10 Å². The van der Waals surface area contributed by atoms with Gasteiger partial charge in [-0.2, -0.15) is 0 Å². The van der Waals surface area contributed by atoms with Crippen LogP contribution >= 0.6 is 0 Å². The molecule has 0 saturated carbocycles. The van der Waals surface area contributed by atoms with Crippen LogP contribution < -0.4 is 0 Å². The lowest BCUT2D eigenvalue weighted by Crippen LogP contribution is -2.33. The van der Waals surface area contributed by atoms with Crippen molar-refractivity contribution in [3.8, 4) is 0 Å². The van der Waals surface area contributed by atoms with E-state index < -0.39 is 0 Å². The van der Waals surface area contributed by atoms with Crippen LogP contribution in [0.4, 0.5) is 0 Å². The highest BCUT2D eigenvalue weighted by molar-refractivity contribution is 4.83. The second-order valence-corrected chi connectivity index (χ2v) is 2.66. The third kappa shape index (κ3) is 1.82. The topological polar surface area (TPSA) is 18.5 Å². The molecule has 0 radical (unpaired) electrons. The molecule has 58 valence electrons. The third-order valence-corrected chi connectivity index (χ3v) is 1.62. The summed E-state index contributed by atoms with van der Waals surface area (Å²) in [6.45, 7) is 7.63. The first-order valence-corrected chi connectivity index (χ1v) is 3.66. The normalized spacial score (nSPS) is 41.2. The minimum Gasteiger partial charge on any atom is -0.350 e. The summed E-state index contributed by atoms with van der Waals surface area (Å²) in [4.78, 5) is 0. The molecule has 1 rings (SSSR count). The fourth-order valence-corrected chi connectivity index (χ4v) is 1.20. The van der Waals surface area contributed by atoms with E-state index in [0.717, 1.165) is 6.42 Å². The van der Waals surface area contributed by atoms with Gasteiger partial charge in [0.05, 0.1) is 12.2 Å². The van der Waals surface area contributed by atoms with Gasteiger partial charge in [-0.3, -0.25) is 0 Å². The predicted octanol–water partition coefficient (Wildman–Crippen LogP) is 1.71. The Balaban J connectivity index is 2.42. The summed E-state index contributed by atoms with van der Waals surface area (Å²) >= 11 is 0. The number of rotatable bonds is 1. The van der Waals surface area contributed by atoms with Gasteiger partial charge in [0.1, 0.15) is 0 Å². The number of hydrogen-bond acceptors (Lipinski definition) is 2. The molecule has 1 fully saturated rings. The van der Waals surface area contributed by atoms with Crippen molar-refractivity contribution >= 4 is 0 Å².